The molecule has 2 heterocycles. The minimum atomic E-state index is -4.38. The monoisotopic (exact) mass is 432 g/mol. The first-order valence-corrected chi connectivity index (χ1v) is 11.0. The molecule has 0 aromatic rings. The van der Waals surface area contributed by atoms with Gasteiger partial charge in [0, 0.05) is 24.4 Å². The van der Waals surface area contributed by atoms with Crippen molar-refractivity contribution in [3.63, 3.8) is 0 Å². The Morgan fingerprint density at radius 2 is 1.87 bits per heavy atom. The Kier molecular flexibility index (Phi) is 5.37. The molecule has 30 heavy (non-hydrogen) atoms. The summed E-state index contributed by atoms with van der Waals surface area (Å²) in [5.41, 5.74) is -2.03. The van der Waals surface area contributed by atoms with Gasteiger partial charge in [0.25, 0.3) is 0 Å². The van der Waals surface area contributed by atoms with Crippen molar-refractivity contribution in [1.29, 1.82) is 0 Å². The maximum absolute atomic E-state index is 12.8. The van der Waals surface area contributed by atoms with Crippen molar-refractivity contribution in [2.24, 2.45) is 11.3 Å². The molecule has 9 heteroatoms. The molecule has 4 rings (SSSR count). The topological polar surface area (TPSA) is 70.1 Å². The fraction of sp³-hybridized carbons (Fsp3) is 0.905. The highest BCUT2D eigenvalue weighted by Crippen LogP contribution is 2.53. The third-order valence-electron chi connectivity index (χ3n) is 7.82. The van der Waals surface area contributed by atoms with E-state index in [1.165, 1.54) is 11.8 Å². The number of amides is 2. The molecule has 2 amide bonds. The average molecular weight is 432 g/mol. The second kappa shape index (κ2) is 7.36. The third-order valence-corrected chi connectivity index (χ3v) is 7.82. The van der Waals surface area contributed by atoms with E-state index in [-0.39, 0.29) is 44.1 Å². The van der Waals surface area contributed by atoms with Gasteiger partial charge in [-0.2, -0.15) is 13.2 Å². The van der Waals surface area contributed by atoms with Crippen LogP contribution in [0.25, 0.3) is 0 Å². The SMILES string of the molecule is CC(CC(F)(F)F)C(=O)N1CCC(O)(CN2C(=O)COCC23CC3)C2(CCCC2)C1. The summed E-state index contributed by atoms with van der Waals surface area (Å²) in [6, 6.07) is 0. The Hall–Kier alpha value is -1.35. The molecule has 170 valence electrons. The molecule has 1 N–H and O–H groups in total. The lowest BCUT2D eigenvalue weighted by atomic mass is 9.65. The molecule has 2 atom stereocenters. The molecule has 2 spiro atoms. The predicted molar refractivity (Wildman–Crippen MR) is 101 cm³/mol. The summed E-state index contributed by atoms with van der Waals surface area (Å²) < 4.78 is 43.7. The number of morpholine rings is 1. The standard InChI is InChI=1S/C21H31F3N2O4/c1-15(10-21(22,23)24)17(28)25-9-8-20(29,18(12-25)4-2-3-5-18)13-26-16(27)11-30-14-19(26)6-7-19/h15,29H,2-14H2,1H3. The van der Waals surface area contributed by atoms with Gasteiger partial charge in [-0.05, 0) is 32.1 Å². The first-order valence-electron chi connectivity index (χ1n) is 11.0. The highest BCUT2D eigenvalue weighted by molar-refractivity contribution is 5.80. The van der Waals surface area contributed by atoms with Crippen molar-refractivity contribution >= 4 is 11.8 Å². The van der Waals surface area contributed by atoms with E-state index in [4.69, 9.17) is 4.74 Å². The number of carbonyl (C=O) groups excluding carboxylic acids is 2. The van der Waals surface area contributed by atoms with Crippen LogP contribution in [0.4, 0.5) is 13.2 Å². The number of piperidine rings is 1. The number of aliphatic hydroxyl groups is 1. The number of carbonyl (C=O) groups is 2. The summed E-state index contributed by atoms with van der Waals surface area (Å²) in [6.07, 6.45) is -0.272. The second-order valence-corrected chi connectivity index (χ2v) is 9.95. The highest BCUT2D eigenvalue weighted by Gasteiger charge is 2.60. The van der Waals surface area contributed by atoms with E-state index in [1.807, 2.05) is 0 Å². The van der Waals surface area contributed by atoms with Gasteiger partial charge in [-0.15, -0.1) is 0 Å². The van der Waals surface area contributed by atoms with Gasteiger partial charge in [0.05, 0.1) is 30.7 Å². The first kappa shape index (κ1) is 21.9. The lowest BCUT2D eigenvalue weighted by Crippen LogP contribution is -2.67. The van der Waals surface area contributed by atoms with Crippen molar-refractivity contribution in [3.8, 4) is 0 Å². The summed E-state index contributed by atoms with van der Waals surface area (Å²) >= 11 is 0. The Morgan fingerprint density at radius 3 is 2.47 bits per heavy atom. The number of halogens is 3. The van der Waals surface area contributed by atoms with Crippen LogP contribution in [0.3, 0.4) is 0 Å². The van der Waals surface area contributed by atoms with Gasteiger partial charge in [-0.25, -0.2) is 0 Å². The van der Waals surface area contributed by atoms with E-state index in [0.717, 1.165) is 25.7 Å². The van der Waals surface area contributed by atoms with E-state index < -0.39 is 35.4 Å². The number of ether oxygens (including phenoxy) is 1. The summed E-state index contributed by atoms with van der Waals surface area (Å²) in [4.78, 5) is 28.6. The minimum absolute atomic E-state index is 0.0183. The van der Waals surface area contributed by atoms with Crippen molar-refractivity contribution in [2.45, 2.75) is 75.6 Å². The molecule has 0 radical (unpaired) electrons. The Labute approximate surface area is 174 Å². The van der Waals surface area contributed by atoms with Gasteiger partial charge in [-0.1, -0.05) is 19.8 Å². The lowest BCUT2D eigenvalue weighted by molar-refractivity contribution is -0.184. The second-order valence-electron chi connectivity index (χ2n) is 9.95. The summed E-state index contributed by atoms with van der Waals surface area (Å²) in [5.74, 6) is -1.75. The van der Waals surface area contributed by atoms with Crippen LogP contribution < -0.4 is 0 Å². The van der Waals surface area contributed by atoms with Crippen molar-refractivity contribution in [2.75, 3.05) is 32.8 Å². The summed E-state index contributed by atoms with van der Waals surface area (Å²) in [5, 5.41) is 11.8. The number of rotatable bonds is 4. The van der Waals surface area contributed by atoms with Gasteiger partial charge in [0.2, 0.25) is 11.8 Å². The zero-order valence-electron chi connectivity index (χ0n) is 17.5. The van der Waals surface area contributed by atoms with Gasteiger partial charge in [-0.3, -0.25) is 9.59 Å². The zero-order chi connectivity index (χ0) is 21.8. The number of β-amino-alcohol motifs (C(OH)–C–C–N with tert-alkyl or cyclic N) is 1. The molecule has 4 fully saturated rings. The Bertz CT molecular complexity index is 703. The Balaban J connectivity index is 1.52. The quantitative estimate of drug-likeness (QED) is 0.741. The first-order chi connectivity index (χ1) is 14.0. The van der Waals surface area contributed by atoms with Crippen LogP contribution >= 0.6 is 0 Å². The molecular weight excluding hydrogens is 401 g/mol. The maximum Gasteiger partial charge on any atom is 0.389 e. The molecule has 6 nitrogen and oxygen atoms in total. The van der Waals surface area contributed by atoms with Crippen LogP contribution in [0, 0.1) is 11.3 Å². The van der Waals surface area contributed by atoms with Crippen molar-refractivity contribution in [3.05, 3.63) is 0 Å². The molecule has 2 unspecified atom stereocenters. The molecule has 2 saturated carbocycles. The number of nitrogens with zero attached hydrogens (tertiary/aromatic N) is 2. The van der Waals surface area contributed by atoms with Crippen LogP contribution in [0.2, 0.25) is 0 Å². The molecule has 4 aliphatic rings. The van der Waals surface area contributed by atoms with Crippen LogP contribution in [0.5, 0.6) is 0 Å². The number of hydrogen-bond acceptors (Lipinski definition) is 4. The van der Waals surface area contributed by atoms with Gasteiger partial charge >= 0.3 is 6.18 Å². The van der Waals surface area contributed by atoms with Crippen LogP contribution in [-0.2, 0) is 14.3 Å². The maximum atomic E-state index is 12.8. The Morgan fingerprint density at radius 1 is 1.20 bits per heavy atom. The van der Waals surface area contributed by atoms with Crippen LogP contribution in [0.15, 0.2) is 0 Å². The van der Waals surface area contributed by atoms with Crippen LogP contribution in [0.1, 0.15) is 58.3 Å². The molecule has 0 aromatic heterocycles. The van der Waals surface area contributed by atoms with E-state index >= 15 is 0 Å². The van der Waals surface area contributed by atoms with Gasteiger partial charge < -0.3 is 19.6 Å². The lowest BCUT2D eigenvalue weighted by Gasteiger charge is -2.55. The predicted octanol–water partition coefficient (Wildman–Crippen LogP) is 2.49. The average Bonchev–Trinajstić information content (AvgIpc) is 3.26. The zero-order valence-corrected chi connectivity index (χ0v) is 17.5. The van der Waals surface area contributed by atoms with E-state index in [1.54, 1.807) is 4.90 Å². The third kappa shape index (κ3) is 3.83. The van der Waals surface area contributed by atoms with Crippen LogP contribution in [-0.4, -0.2) is 76.9 Å². The molecule has 2 saturated heterocycles. The van der Waals surface area contributed by atoms with Gasteiger partial charge in [0.1, 0.15) is 6.61 Å². The highest BCUT2D eigenvalue weighted by atomic mass is 19.4. The molecular formula is C21H31F3N2O4. The summed E-state index contributed by atoms with van der Waals surface area (Å²) in [6.45, 7) is 2.52. The van der Waals surface area contributed by atoms with E-state index in [9.17, 15) is 27.9 Å². The van der Waals surface area contributed by atoms with Gasteiger partial charge in [0.15, 0.2) is 0 Å². The molecule has 0 aromatic carbocycles. The largest absolute Gasteiger partial charge is 0.389 e. The normalized spacial score (nSPS) is 31.4. The number of hydrogen-bond donors (Lipinski definition) is 1. The molecule has 2 aliphatic heterocycles. The fourth-order valence-electron chi connectivity index (χ4n) is 5.86. The van der Waals surface area contributed by atoms with Crippen molar-refractivity contribution in [1.82, 2.24) is 9.80 Å². The fourth-order valence-corrected chi connectivity index (χ4v) is 5.86. The number of likely N-dealkylation sites (tertiary alicyclic amines) is 1. The molecule has 2 aliphatic carbocycles. The summed E-state index contributed by atoms with van der Waals surface area (Å²) in [7, 11) is 0. The van der Waals surface area contributed by atoms with E-state index in [0.29, 0.717) is 19.4 Å². The smallest absolute Gasteiger partial charge is 0.387 e. The minimum Gasteiger partial charge on any atom is -0.387 e. The molecule has 0 bridgehead atoms. The van der Waals surface area contributed by atoms with Crippen molar-refractivity contribution < 1.29 is 32.6 Å². The van der Waals surface area contributed by atoms with E-state index in [2.05, 4.69) is 0 Å². The number of alkyl halides is 3.